The van der Waals surface area contributed by atoms with E-state index in [1.165, 1.54) is 12.8 Å². The van der Waals surface area contributed by atoms with Crippen molar-refractivity contribution in [3.63, 3.8) is 0 Å². The smallest absolute Gasteiger partial charge is 0.253 e. The number of hydrogen-bond acceptors (Lipinski definition) is 3. The first-order valence-electron chi connectivity index (χ1n) is 8.65. The number of likely N-dealkylation sites (tertiary alicyclic amines) is 1. The molecule has 1 N–H and O–H groups in total. The van der Waals surface area contributed by atoms with Gasteiger partial charge in [0.1, 0.15) is 0 Å². The fourth-order valence-corrected chi connectivity index (χ4v) is 4.10. The van der Waals surface area contributed by atoms with Crippen LogP contribution in [0.25, 0.3) is 0 Å². The van der Waals surface area contributed by atoms with Crippen LogP contribution in [0.1, 0.15) is 36.0 Å². The van der Waals surface area contributed by atoms with E-state index in [9.17, 15) is 9.59 Å². The maximum atomic E-state index is 12.7. The third-order valence-corrected chi connectivity index (χ3v) is 5.39. The van der Waals surface area contributed by atoms with E-state index in [4.69, 9.17) is 0 Å². The van der Waals surface area contributed by atoms with Crippen molar-refractivity contribution < 1.29 is 9.59 Å². The Morgan fingerprint density at radius 2 is 1.96 bits per heavy atom. The average Bonchev–Trinajstić information content (AvgIpc) is 3.20. The second-order valence-electron chi connectivity index (χ2n) is 6.87. The molecule has 5 nitrogen and oxygen atoms in total. The Kier molecular flexibility index (Phi) is 3.81. The molecular weight excluding hydrogens is 290 g/mol. The Morgan fingerprint density at radius 1 is 1.13 bits per heavy atom. The van der Waals surface area contributed by atoms with Crippen LogP contribution in [0.15, 0.2) is 24.3 Å². The van der Waals surface area contributed by atoms with E-state index in [0.29, 0.717) is 18.4 Å². The maximum Gasteiger partial charge on any atom is 0.253 e. The molecule has 0 saturated carbocycles. The fraction of sp³-hybridized carbons (Fsp3) is 0.556. The SMILES string of the molecule is O=C(c1ccc(N2CCCC2=O)cc1)N1C[C@H]2CCCN[C@H]2C1. The molecule has 3 heterocycles. The minimum absolute atomic E-state index is 0.112. The summed E-state index contributed by atoms with van der Waals surface area (Å²) < 4.78 is 0. The molecule has 0 aliphatic carbocycles. The Morgan fingerprint density at radius 3 is 2.65 bits per heavy atom. The number of fused-ring (bicyclic) bond motifs is 1. The Bertz CT molecular complexity index is 599. The van der Waals surface area contributed by atoms with Gasteiger partial charge in [-0.05, 0) is 56.0 Å². The van der Waals surface area contributed by atoms with E-state index >= 15 is 0 Å². The predicted octanol–water partition coefficient (Wildman–Crippen LogP) is 1.64. The first kappa shape index (κ1) is 14.7. The molecule has 1 aromatic carbocycles. The van der Waals surface area contributed by atoms with Crippen molar-refractivity contribution in [2.24, 2.45) is 5.92 Å². The summed E-state index contributed by atoms with van der Waals surface area (Å²) >= 11 is 0. The van der Waals surface area contributed by atoms with Crippen LogP contribution in [0.3, 0.4) is 0 Å². The molecule has 5 heteroatoms. The first-order valence-corrected chi connectivity index (χ1v) is 8.65. The van der Waals surface area contributed by atoms with Gasteiger partial charge in [0.15, 0.2) is 0 Å². The number of anilines is 1. The summed E-state index contributed by atoms with van der Waals surface area (Å²) in [5.74, 6) is 0.897. The van der Waals surface area contributed by atoms with E-state index in [-0.39, 0.29) is 11.8 Å². The van der Waals surface area contributed by atoms with E-state index in [1.807, 2.05) is 34.1 Å². The molecule has 4 rings (SSSR count). The first-order chi connectivity index (χ1) is 11.2. The Labute approximate surface area is 136 Å². The molecule has 122 valence electrons. The van der Waals surface area contributed by atoms with Gasteiger partial charge in [0.2, 0.25) is 5.91 Å². The zero-order valence-electron chi connectivity index (χ0n) is 13.3. The highest BCUT2D eigenvalue weighted by Gasteiger charge is 2.36. The maximum absolute atomic E-state index is 12.7. The second-order valence-corrected chi connectivity index (χ2v) is 6.87. The van der Waals surface area contributed by atoms with Crippen molar-refractivity contribution in [3.8, 4) is 0 Å². The van der Waals surface area contributed by atoms with Crippen LogP contribution in [0.5, 0.6) is 0 Å². The van der Waals surface area contributed by atoms with Crippen molar-refractivity contribution >= 4 is 17.5 Å². The fourth-order valence-electron chi connectivity index (χ4n) is 4.10. The van der Waals surface area contributed by atoms with E-state index in [0.717, 1.165) is 43.9 Å². The lowest BCUT2D eigenvalue weighted by molar-refractivity contribution is -0.117. The number of rotatable bonds is 2. The normalized spacial score (nSPS) is 27.4. The molecule has 0 spiro atoms. The Hall–Kier alpha value is -1.88. The standard InChI is InChI=1S/C18H23N3O2/c22-17-4-2-10-21(17)15-7-5-13(6-8-15)18(23)20-11-14-3-1-9-19-16(14)12-20/h5-8,14,16,19H,1-4,9-12H2/t14-,16+/m1/s1. The molecular formula is C18H23N3O2. The lowest BCUT2D eigenvalue weighted by Gasteiger charge is -2.24. The van der Waals surface area contributed by atoms with Crippen LogP contribution in [-0.2, 0) is 4.79 Å². The van der Waals surface area contributed by atoms with Gasteiger partial charge in [-0.3, -0.25) is 9.59 Å². The molecule has 3 fully saturated rings. The van der Waals surface area contributed by atoms with Crippen LogP contribution in [0, 0.1) is 5.92 Å². The Balaban J connectivity index is 1.45. The number of nitrogens with zero attached hydrogens (tertiary/aromatic N) is 2. The van der Waals surface area contributed by atoms with Crippen LogP contribution in [0.4, 0.5) is 5.69 Å². The summed E-state index contributed by atoms with van der Waals surface area (Å²) in [6.07, 6.45) is 3.98. The van der Waals surface area contributed by atoms with Crippen molar-refractivity contribution in [2.75, 3.05) is 31.1 Å². The monoisotopic (exact) mass is 313 g/mol. The van der Waals surface area contributed by atoms with E-state index in [2.05, 4.69) is 5.32 Å². The average molecular weight is 313 g/mol. The molecule has 3 aliphatic heterocycles. The number of benzene rings is 1. The molecule has 0 bridgehead atoms. The minimum atomic E-state index is 0.112. The van der Waals surface area contributed by atoms with Crippen molar-refractivity contribution in [2.45, 2.75) is 31.7 Å². The van der Waals surface area contributed by atoms with Gasteiger partial charge in [-0.15, -0.1) is 0 Å². The summed E-state index contributed by atoms with van der Waals surface area (Å²) in [5, 5.41) is 3.53. The summed E-state index contributed by atoms with van der Waals surface area (Å²) in [6, 6.07) is 7.99. The molecule has 0 aromatic heterocycles. The lowest BCUT2D eigenvalue weighted by Crippen LogP contribution is -2.41. The van der Waals surface area contributed by atoms with Crippen molar-refractivity contribution in [1.29, 1.82) is 0 Å². The highest BCUT2D eigenvalue weighted by Crippen LogP contribution is 2.27. The number of piperidine rings is 1. The van der Waals surface area contributed by atoms with Crippen LogP contribution in [-0.4, -0.2) is 48.9 Å². The van der Waals surface area contributed by atoms with Gasteiger partial charge >= 0.3 is 0 Å². The number of carbonyl (C=O) groups excluding carboxylic acids is 2. The predicted molar refractivity (Wildman–Crippen MR) is 88.4 cm³/mol. The third kappa shape index (κ3) is 2.74. The van der Waals surface area contributed by atoms with Crippen LogP contribution < -0.4 is 10.2 Å². The molecule has 3 aliphatic rings. The van der Waals surface area contributed by atoms with E-state index in [1.54, 1.807) is 0 Å². The van der Waals surface area contributed by atoms with Crippen molar-refractivity contribution in [3.05, 3.63) is 29.8 Å². The topological polar surface area (TPSA) is 52.7 Å². The van der Waals surface area contributed by atoms with Gasteiger partial charge in [-0.2, -0.15) is 0 Å². The van der Waals surface area contributed by atoms with Gasteiger partial charge in [0.05, 0.1) is 0 Å². The number of amides is 2. The number of hydrogen-bond donors (Lipinski definition) is 1. The quantitative estimate of drug-likeness (QED) is 0.903. The summed E-state index contributed by atoms with van der Waals surface area (Å²) in [6.45, 7) is 3.54. The minimum Gasteiger partial charge on any atom is -0.337 e. The highest BCUT2D eigenvalue weighted by atomic mass is 16.2. The second kappa shape index (κ2) is 5.96. The highest BCUT2D eigenvalue weighted by molar-refractivity contribution is 5.97. The molecule has 2 amide bonds. The molecule has 23 heavy (non-hydrogen) atoms. The van der Waals surface area contributed by atoms with Gasteiger partial charge in [-0.1, -0.05) is 0 Å². The van der Waals surface area contributed by atoms with Gasteiger partial charge in [-0.25, -0.2) is 0 Å². The van der Waals surface area contributed by atoms with Gasteiger partial charge in [0.25, 0.3) is 5.91 Å². The summed E-state index contributed by atoms with van der Waals surface area (Å²) in [7, 11) is 0. The van der Waals surface area contributed by atoms with Crippen LogP contribution in [0.2, 0.25) is 0 Å². The van der Waals surface area contributed by atoms with Crippen LogP contribution >= 0.6 is 0 Å². The summed E-state index contributed by atoms with van der Waals surface area (Å²) in [4.78, 5) is 28.3. The van der Waals surface area contributed by atoms with Gasteiger partial charge in [0, 0.05) is 43.3 Å². The zero-order chi connectivity index (χ0) is 15.8. The molecule has 1 aromatic rings. The molecule has 2 atom stereocenters. The van der Waals surface area contributed by atoms with E-state index < -0.39 is 0 Å². The number of nitrogens with one attached hydrogen (secondary N) is 1. The zero-order valence-corrected chi connectivity index (χ0v) is 13.3. The summed E-state index contributed by atoms with van der Waals surface area (Å²) in [5.41, 5.74) is 1.62. The molecule has 0 radical (unpaired) electrons. The lowest BCUT2D eigenvalue weighted by atomic mass is 9.94. The third-order valence-electron chi connectivity index (χ3n) is 5.39. The largest absolute Gasteiger partial charge is 0.337 e. The number of carbonyl (C=O) groups is 2. The van der Waals surface area contributed by atoms with Crippen molar-refractivity contribution in [1.82, 2.24) is 10.2 Å². The molecule has 3 saturated heterocycles. The van der Waals surface area contributed by atoms with Gasteiger partial charge < -0.3 is 15.1 Å². The molecule has 0 unspecified atom stereocenters.